The molecule has 0 unspecified atom stereocenters. The van der Waals surface area contributed by atoms with Crippen molar-refractivity contribution in [3.05, 3.63) is 101 Å². The quantitative estimate of drug-likeness (QED) is 0.465. The highest BCUT2D eigenvalue weighted by Crippen LogP contribution is 2.51. The summed E-state index contributed by atoms with van der Waals surface area (Å²) in [6, 6.07) is 21.2. The summed E-state index contributed by atoms with van der Waals surface area (Å²) >= 11 is 6.24. The van der Waals surface area contributed by atoms with Gasteiger partial charge in [-0.3, -0.25) is 4.79 Å². The van der Waals surface area contributed by atoms with Gasteiger partial charge in [0.25, 0.3) is 5.91 Å². The molecule has 1 heterocycles. The molecule has 7 heteroatoms. The lowest BCUT2D eigenvalue weighted by atomic mass is 9.85. The third kappa shape index (κ3) is 4.64. The predicted molar refractivity (Wildman–Crippen MR) is 130 cm³/mol. The van der Waals surface area contributed by atoms with Gasteiger partial charge >= 0.3 is 6.09 Å². The molecule has 0 fully saturated rings. The van der Waals surface area contributed by atoms with Crippen LogP contribution in [0.4, 0.5) is 14.9 Å². The van der Waals surface area contributed by atoms with Gasteiger partial charge in [-0.15, -0.1) is 0 Å². The molecular weight excluding hydrogens is 455 g/mol. The highest BCUT2D eigenvalue weighted by molar-refractivity contribution is 6.31. The molecule has 0 bridgehead atoms. The van der Waals surface area contributed by atoms with E-state index in [0.29, 0.717) is 16.3 Å². The van der Waals surface area contributed by atoms with Crippen molar-refractivity contribution in [2.45, 2.75) is 44.6 Å². The van der Waals surface area contributed by atoms with Crippen LogP contribution in [0.1, 0.15) is 43.5 Å². The normalized spacial score (nSPS) is 18.4. The second kappa shape index (κ2) is 9.11. The van der Waals surface area contributed by atoms with Crippen LogP contribution >= 0.6 is 11.6 Å². The van der Waals surface area contributed by atoms with Crippen LogP contribution in [0.3, 0.4) is 0 Å². The van der Waals surface area contributed by atoms with E-state index in [-0.39, 0.29) is 12.1 Å². The van der Waals surface area contributed by atoms with Crippen molar-refractivity contribution < 1.29 is 18.7 Å². The summed E-state index contributed by atoms with van der Waals surface area (Å²) in [6.45, 7) is 5.31. The molecule has 1 aliphatic rings. The van der Waals surface area contributed by atoms with Crippen LogP contribution in [-0.2, 0) is 21.7 Å². The van der Waals surface area contributed by atoms with Gasteiger partial charge in [0.2, 0.25) is 5.67 Å². The van der Waals surface area contributed by atoms with E-state index in [4.69, 9.17) is 16.3 Å². The van der Waals surface area contributed by atoms with Crippen LogP contribution in [-0.4, -0.2) is 17.6 Å². The molecule has 0 aromatic heterocycles. The summed E-state index contributed by atoms with van der Waals surface area (Å²) in [7, 11) is 0. The van der Waals surface area contributed by atoms with E-state index in [9.17, 15) is 9.59 Å². The largest absolute Gasteiger partial charge is 0.444 e. The van der Waals surface area contributed by atoms with Crippen LogP contribution in [0.15, 0.2) is 78.9 Å². The fraction of sp³-hybridized carbons (Fsp3) is 0.259. The SMILES string of the molecule is CC(C)(C)OC(=O)N[C@@H](c1ccccc1)[C@]1(F)C(=O)N(Cc2ccccc2)c2cc(Cl)ccc21. The summed E-state index contributed by atoms with van der Waals surface area (Å²) in [5, 5.41) is 3.01. The molecule has 0 saturated carbocycles. The van der Waals surface area contributed by atoms with Gasteiger partial charge in [0.15, 0.2) is 0 Å². The number of benzene rings is 3. The molecule has 1 aliphatic heterocycles. The molecule has 5 nitrogen and oxygen atoms in total. The predicted octanol–water partition coefficient (Wildman–Crippen LogP) is 6.32. The molecule has 34 heavy (non-hydrogen) atoms. The number of halogens is 2. The lowest BCUT2D eigenvalue weighted by Crippen LogP contribution is -2.48. The number of alkyl halides is 1. The number of alkyl carbamates (subject to hydrolysis) is 1. The number of amides is 2. The second-order valence-electron chi connectivity index (χ2n) is 9.24. The Morgan fingerprint density at radius 1 is 1.06 bits per heavy atom. The number of carbonyl (C=O) groups is 2. The third-order valence-electron chi connectivity index (χ3n) is 5.57. The molecule has 0 aliphatic carbocycles. The number of ether oxygens (including phenoxy) is 1. The lowest BCUT2D eigenvalue weighted by Gasteiger charge is -2.32. The Labute approximate surface area is 203 Å². The first-order valence-corrected chi connectivity index (χ1v) is 11.4. The molecule has 0 radical (unpaired) electrons. The van der Waals surface area contributed by atoms with E-state index in [1.807, 2.05) is 30.3 Å². The van der Waals surface area contributed by atoms with Gasteiger partial charge in [0.1, 0.15) is 11.6 Å². The smallest absolute Gasteiger partial charge is 0.408 e. The van der Waals surface area contributed by atoms with E-state index >= 15 is 4.39 Å². The number of hydrogen-bond donors (Lipinski definition) is 1. The maximum Gasteiger partial charge on any atom is 0.408 e. The fourth-order valence-corrected chi connectivity index (χ4v) is 4.31. The topological polar surface area (TPSA) is 58.6 Å². The Hall–Kier alpha value is -3.38. The average Bonchev–Trinajstić information content (AvgIpc) is 2.99. The van der Waals surface area contributed by atoms with E-state index < -0.39 is 29.3 Å². The van der Waals surface area contributed by atoms with Crippen LogP contribution in [0, 0.1) is 0 Å². The van der Waals surface area contributed by atoms with E-state index in [0.717, 1.165) is 5.56 Å². The first-order valence-electron chi connectivity index (χ1n) is 11.0. The molecule has 3 aromatic carbocycles. The first-order chi connectivity index (χ1) is 16.1. The standard InChI is InChI=1S/C27H26ClFN2O3/c1-26(2,3)34-25(33)30-23(19-12-8-5-9-13-19)27(29)21-15-14-20(28)16-22(21)31(24(27)32)17-18-10-6-4-7-11-18/h4-16,23H,17H2,1-3H3,(H,30,33)/t23-,27-/m0/s1. The maximum atomic E-state index is 17.2. The Morgan fingerprint density at radius 3 is 2.29 bits per heavy atom. The lowest BCUT2D eigenvalue weighted by molar-refractivity contribution is -0.131. The average molecular weight is 481 g/mol. The van der Waals surface area contributed by atoms with Crippen LogP contribution < -0.4 is 10.2 Å². The number of anilines is 1. The number of carbonyl (C=O) groups excluding carboxylic acids is 2. The summed E-state index contributed by atoms with van der Waals surface area (Å²) in [5.41, 5.74) is -1.58. The van der Waals surface area contributed by atoms with Gasteiger partial charge < -0.3 is 15.0 Å². The third-order valence-corrected chi connectivity index (χ3v) is 5.81. The Morgan fingerprint density at radius 2 is 1.68 bits per heavy atom. The molecule has 176 valence electrons. The van der Waals surface area contributed by atoms with Gasteiger partial charge in [-0.2, -0.15) is 0 Å². The van der Waals surface area contributed by atoms with Crippen molar-refractivity contribution >= 4 is 29.3 Å². The van der Waals surface area contributed by atoms with Gasteiger partial charge in [-0.1, -0.05) is 78.3 Å². The highest BCUT2D eigenvalue weighted by Gasteiger charge is 2.58. The molecule has 3 aromatic rings. The monoisotopic (exact) mass is 480 g/mol. The molecule has 2 amide bonds. The van der Waals surface area contributed by atoms with Crippen LogP contribution in [0.2, 0.25) is 5.02 Å². The van der Waals surface area contributed by atoms with Gasteiger partial charge in [0.05, 0.1) is 12.2 Å². The Kier molecular flexibility index (Phi) is 6.36. The highest BCUT2D eigenvalue weighted by atomic mass is 35.5. The van der Waals surface area contributed by atoms with Crippen LogP contribution in [0.5, 0.6) is 0 Å². The number of nitrogens with zero attached hydrogens (tertiary/aromatic N) is 1. The summed E-state index contributed by atoms with van der Waals surface area (Å²) < 4.78 is 22.6. The summed E-state index contributed by atoms with van der Waals surface area (Å²) in [5.74, 6) is -0.779. The zero-order valence-corrected chi connectivity index (χ0v) is 20.0. The Bertz CT molecular complexity index is 1200. The van der Waals surface area contributed by atoms with Gasteiger partial charge in [0, 0.05) is 10.6 Å². The van der Waals surface area contributed by atoms with Crippen molar-refractivity contribution in [3.8, 4) is 0 Å². The minimum atomic E-state index is -2.58. The van der Waals surface area contributed by atoms with Crippen molar-refractivity contribution in [3.63, 3.8) is 0 Å². The van der Waals surface area contributed by atoms with E-state index in [1.165, 1.54) is 11.0 Å². The zero-order chi connectivity index (χ0) is 24.5. The van der Waals surface area contributed by atoms with Crippen LogP contribution in [0.25, 0.3) is 0 Å². The number of rotatable bonds is 5. The van der Waals surface area contributed by atoms with E-state index in [1.54, 1.807) is 63.2 Å². The van der Waals surface area contributed by atoms with Crippen molar-refractivity contribution in [2.75, 3.05) is 4.90 Å². The number of fused-ring (bicyclic) bond motifs is 1. The summed E-state index contributed by atoms with van der Waals surface area (Å²) in [4.78, 5) is 27.9. The number of nitrogens with one attached hydrogen (secondary N) is 1. The fourth-order valence-electron chi connectivity index (χ4n) is 4.14. The molecule has 2 atom stereocenters. The van der Waals surface area contributed by atoms with Gasteiger partial charge in [-0.25, -0.2) is 9.18 Å². The van der Waals surface area contributed by atoms with E-state index in [2.05, 4.69) is 5.32 Å². The van der Waals surface area contributed by atoms with Crippen molar-refractivity contribution in [1.29, 1.82) is 0 Å². The van der Waals surface area contributed by atoms with Gasteiger partial charge in [-0.05, 0) is 44.0 Å². The van der Waals surface area contributed by atoms with Crippen molar-refractivity contribution in [2.24, 2.45) is 0 Å². The molecule has 0 spiro atoms. The molecular formula is C27H26ClFN2O3. The molecule has 4 rings (SSSR count). The minimum absolute atomic E-state index is 0.141. The second-order valence-corrected chi connectivity index (χ2v) is 9.68. The maximum absolute atomic E-state index is 17.2. The molecule has 0 saturated heterocycles. The number of hydrogen-bond acceptors (Lipinski definition) is 3. The Balaban J connectivity index is 1.81. The zero-order valence-electron chi connectivity index (χ0n) is 19.2. The van der Waals surface area contributed by atoms with Crippen molar-refractivity contribution in [1.82, 2.24) is 5.32 Å². The summed E-state index contributed by atoms with van der Waals surface area (Å²) in [6.07, 6.45) is -0.816. The minimum Gasteiger partial charge on any atom is -0.444 e. The first kappa shape index (κ1) is 23.8. The molecule has 1 N–H and O–H groups in total.